The van der Waals surface area contributed by atoms with Gasteiger partial charge in [0.2, 0.25) is 0 Å². The van der Waals surface area contributed by atoms with Crippen LogP contribution in [0.5, 0.6) is 0 Å². The summed E-state index contributed by atoms with van der Waals surface area (Å²) in [6.45, 7) is 5.65. The molecular weight excluding hydrogens is 148 g/mol. The Morgan fingerprint density at radius 1 is 1.67 bits per heavy atom. The highest BCUT2D eigenvalue weighted by Crippen LogP contribution is 2.14. The number of pyridine rings is 1. The summed E-state index contributed by atoms with van der Waals surface area (Å²) in [6, 6.07) is 1.92. The lowest BCUT2D eigenvalue weighted by molar-refractivity contribution is 0.946. The topological polar surface area (TPSA) is 38.9 Å². The van der Waals surface area contributed by atoms with Gasteiger partial charge in [-0.2, -0.15) is 0 Å². The van der Waals surface area contributed by atoms with Crippen molar-refractivity contribution in [2.24, 2.45) is 0 Å². The maximum Gasteiger partial charge on any atom is 0.0638 e. The summed E-state index contributed by atoms with van der Waals surface area (Å²) in [4.78, 5) is 4.20. The fourth-order valence-corrected chi connectivity index (χ4v) is 1.06. The number of nitrogens with zero attached hydrogens (tertiary/aromatic N) is 1. The summed E-state index contributed by atoms with van der Waals surface area (Å²) in [6.07, 6.45) is 5.49. The molecule has 2 N–H and O–H groups in total. The van der Waals surface area contributed by atoms with Gasteiger partial charge in [0.15, 0.2) is 0 Å². The van der Waals surface area contributed by atoms with Crippen molar-refractivity contribution in [3.8, 4) is 0 Å². The van der Waals surface area contributed by atoms with Crippen LogP contribution in [0.3, 0.4) is 0 Å². The monoisotopic (exact) mass is 162 g/mol. The molecule has 0 saturated carbocycles. The first-order valence-electron chi connectivity index (χ1n) is 4.06. The molecule has 1 aromatic heterocycles. The van der Waals surface area contributed by atoms with E-state index in [4.69, 9.17) is 5.73 Å². The SMILES string of the molecule is C=CCCc1nccc(C)c1N. The third kappa shape index (κ3) is 1.84. The zero-order valence-electron chi connectivity index (χ0n) is 7.38. The largest absolute Gasteiger partial charge is 0.397 e. The molecule has 2 heteroatoms. The molecule has 0 bridgehead atoms. The van der Waals surface area contributed by atoms with Crippen molar-refractivity contribution in [3.05, 3.63) is 36.2 Å². The van der Waals surface area contributed by atoms with E-state index in [2.05, 4.69) is 11.6 Å². The summed E-state index contributed by atoms with van der Waals surface area (Å²) < 4.78 is 0. The lowest BCUT2D eigenvalue weighted by Crippen LogP contribution is -1.99. The van der Waals surface area contributed by atoms with Gasteiger partial charge in [-0.05, 0) is 31.4 Å². The van der Waals surface area contributed by atoms with E-state index in [-0.39, 0.29) is 0 Å². The van der Waals surface area contributed by atoms with Crippen LogP contribution >= 0.6 is 0 Å². The molecule has 1 rings (SSSR count). The molecule has 0 amide bonds. The standard InChI is InChI=1S/C10H14N2/c1-3-4-5-9-10(11)8(2)6-7-12-9/h3,6-7H,1,4-5,11H2,2H3. The van der Waals surface area contributed by atoms with Crippen molar-refractivity contribution in [2.75, 3.05) is 5.73 Å². The third-order valence-electron chi connectivity index (χ3n) is 1.88. The van der Waals surface area contributed by atoms with Crippen LogP contribution in [0.1, 0.15) is 17.7 Å². The van der Waals surface area contributed by atoms with Crippen LogP contribution in [-0.2, 0) is 6.42 Å². The smallest absolute Gasteiger partial charge is 0.0638 e. The zero-order chi connectivity index (χ0) is 8.97. The molecule has 0 aliphatic heterocycles. The van der Waals surface area contributed by atoms with E-state index in [1.54, 1.807) is 6.20 Å². The van der Waals surface area contributed by atoms with E-state index >= 15 is 0 Å². The second kappa shape index (κ2) is 3.90. The molecule has 0 radical (unpaired) electrons. The van der Waals surface area contributed by atoms with Gasteiger partial charge in [-0.1, -0.05) is 6.08 Å². The minimum absolute atomic E-state index is 0.819. The summed E-state index contributed by atoms with van der Waals surface area (Å²) in [5.74, 6) is 0. The fourth-order valence-electron chi connectivity index (χ4n) is 1.06. The van der Waals surface area contributed by atoms with E-state index in [1.807, 2.05) is 19.1 Å². The van der Waals surface area contributed by atoms with Gasteiger partial charge in [-0.25, -0.2) is 0 Å². The Morgan fingerprint density at radius 2 is 2.42 bits per heavy atom. The minimum atomic E-state index is 0.819. The van der Waals surface area contributed by atoms with Crippen molar-refractivity contribution in [1.29, 1.82) is 0 Å². The highest BCUT2D eigenvalue weighted by Gasteiger charge is 2.00. The van der Waals surface area contributed by atoms with Crippen LogP contribution in [-0.4, -0.2) is 4.98 Å². The lowest BCUT2D eigenvalue weighted by Gasteiger charge is -2.04. The molecule has 12 heavy (non-hydrogen) atoms. The van der Waals surface area contributed by atoms with Gasteiger partial charge >= 0.3 is 0 Å². The molecule has 0 aliphatic rings. The third-order valence-corrected chi connectivity index (χ3v) is 1.88. The second-order valence-corrected chi connectivity index (χ2v) is 2.82. The normalized spacial score (nSPS) is 9.75. The van der Waals surface area contributed by atoms with E-state index in [0.717, 1.165) is 29.8 Å². The molecule has 0 saturated heterocycles. The quantitative estimate of drug-likeness (QED) is 0.691. The van der Waals surface area contributed by atoms with Gasteiger partial charge in [-0.3, -0.25) is 4.98 Å². The second-order valence-electron chi connectivity index (χ2n) is 2.82. The van der Waals surface area contributed by atoms with Gasteiger partial charge in [-0.15, -0.1) is 6.58 Å². The first-order chi connectivity index (χ1) is 5.75. The first-order valence-corrected chi connectivity index (χ1v) is 4.06. The molecule has 2 nitrogen and oxygen atoms in total. The minimum Gasteiger partial charge on any atom is -0.397 e. The predicted octanol–water partition coefficient (Wildman–Crippen LogP) is 2.09. The molecule has 0 unspecified atom stereocenters. The first kappa shape index (κ1) is 8.78. The van der Waals surface area contributed by atoms with Crippen molar-refractivity contribution in [2.45, 2.75) is 19.8 Å². The Kier molecular flexibility index (Phi) is 2.86. The van der Waals surface area contributed by atoms with Crippen molar-refractivity contribution >= 4 is 5.69 Å². The van der Waals surface area contributed by atoms with E-state index < -0.39 is 0 Å². The number of aromatic nitrogens is 1. The van der Waals surface area contributed by atoms with Crippen LogP contribution in [0.15, 0.2) is 24.9 Å². The van der Waals surface area contributed by atoms with E-state index in [1.165, 1.54) is 0 Å². The Balaban J connectivity index is 2.84. The number of rotatable bonds is 3. The molecular formula is C10H14N2. The summed E-state index contributed by atoms with van der Waals surface area (Å²) >= 11 is 0. The van der Waals surface area contributed by atoms with Crippen LogP contribution in [0.25, 0.3) is 0 Å². The Labute approximate surface area is 73.1 Å². The van der Waals surface area contributed by atoms with Gasteiger partial charge in [0.05, 0.1) is 11.4 Å². The molecule has 0 aliphatic carbocycles. The van der Waals surface area contributed by atoms with Crippen LogP contribution in [0.2, 0.25) is 0 Å². The molecule has 0 atom stereocenters. The van der Waals surface area contributed by atoms with Gasteiger partial charge in [0, 0.05) is 6.20 Å². The van der Waals surface area contributed by atoms with Crippen LogP contribution in [0, 0.1) is 6.92 Å². The maximum atomic E-state index is 5.83. The summed E-state index contributed by atoms with van der Waals surface area (Å²) in [5.41, 5.74) is 8.73. The number of allylic oxidation sites excluding steroid dienone is 1. The highest BCUT2D eigenvalue weighted by atomic mass is 14.7. The predicted molar refractivity (Wildman–Crippen MR) is 51.9 cm³/mol. The molecule has 0 spiro atoms. The number of anilines is 1. The maximum absolute atomic E-state index is 5.83. The summed E-state index contributed by atoms with van der Waals surface area (Å²) in [7, 11) is 0. The van der Waals surface area contributed by atoms with E-state index in [9.17, 15) is 0 Å². The van der Waals surface area contributed by atoms with Crippen molar-refractivity contribution < 1.29 is 0 Å². The zero-order valence-corrected chi connectivity index (χ0v) is 7.38. The lowest BCUT2D eigenvalue weighted by atomic mass is 10.1. The van der Waals surface area contributed by atoms with E-state index in [0.29, 0.717) is 0 Å². The van der Waals surface area contributed by atoms with Gasteiger partial charge in [0.25, 0.3) is 0 Å². The Bertz CT molecular complexity index is 279. The average molecular weight is 162 g/mol. The number of nitrogen functional groups attached to an aromatic ring is 1. The van der Waals surface area contributed by atoms with Crippen molar-refractivity contribution in [1.82, 2.24) is 4.98 Å². The number of hydrogen-bond donors (Lipinski definition) is 1. The van der Waals surface area contributed by atoms with Crippen LogP contribution < -0.4 is 5.73 Å². The highest BCUT2D eigenvalue weighted by molar-refractivity contribution is 5.49. The number of hydrogen-bond acceptors (Lipinski definition) is 2. The molecule has 1 aromatic rings. The van der Waals surface area contributed by atoms with Crippen LogP contribution in [0.4, 0.5) is 5.69 Å². The number of nitrogens with two attached hydrogens (primary N) is 1. The molecule has 0 fully saturated rings. The molecule has 64 valence electrons. The Hall–Kier alpha value is -1.31. The molecule has 1 heterocycles. The average Bonchev–Trinajstić information content (AvgIpc) is 2.08. The van der Waals surface area contributed by atoms with Gasteiger partial charge < -0.3 is 5.73 Å². The fraction of sp³-hybridized carbons (Fsp3) is 0.300. The van der Waals surface area contributed by atoms with Crippen molar-refractivity contribution in [3.63, 3.8) is 0 Å². The number of aryl methyl sites for hydroxylation is 2. The summed E-state index contributed by atoms with van der Waals surface area (Å²) in [5, 5.41) is 0. The Morgan fingerprint density at radius 3 is 3.08 bits per heavy atom. The van der Waals surface area contributed by atoms with Gasteiger partial charge in [0.1, 0.15) is 0 Å². The molecule has 0 aromatic carbocycles.